The average Bonchev–Trinajstić information content (AvgIpc) is 3.44. The minimum absolute atomic E-state index is 0.00560. The molecule has 2 N–H and O–H groups in total. The number of amides is 3. The minimum Gasteiger partial charge on any atom is -0.335 e. The first kappa shape index (κ1) is 23.0. The van der Waals surface area contributed by atoms with Crippen molar-refractivity contribution in [1.29, 1.82) is 0 Å². The molecule has 4 rings (SSSR count). The molecule has 172 valence electrons. The lowest BCUT2D eigenvalue weighted by molar-refractivity contribution is -0.117. The van der Waals surface area contributed by atoms with Gasteiger partial charge in [0.15, 0.2) is 5.16 Å². The van der Waals surface area contributed by atoms with Crippen LogP contribution in [0.4, 0.5) is 4.79 Å². The quantitative estimate of drug-likeness (QED) is 0.359. The first-order chi connectivity index (χ1) is 15.3. The summed E-state index contributed by atoms with van der Waals surface area (Å²) >= 11 is 2.63. The molecule has 2 aliphatic rings. The van der Waals surface area contributed by atoms with Crippen LogP contribution in [-0.4, -0.2) is 33.3 Å². The monoisotopic (exact) mass is 474 g/mol. The molecular weight excluding hydrogens is 444 g/mol. The van der Waals surface area contributed by atoms with E-state index in [2.05, 4.69) is 22.2 Å². The highest BCUT2D eigenvalue weighted by molar-refractivity contribution is 7.99. The van der Waals surface area contributed by atoms with Crippen LogP contribution < -0.4 is 16.2 Å². The average molecular weight is 475 g/mol. The molecule has 0 aliphatic heterocycles. The topological polar surface area (TPSA) is 93.1 Å². The third-order valence-electron chi connectivity index (χ3n) is 6.94. The molecule has 0 radical (unpaired) electrons. The van der Waals surface area contributed by atoms with E-state index in [4.69, 9.17) is 0 Å². The van der Waals surface area contributed by atoms with Crippen LogP contribution in [0.15, 0.2) is 22.6 Å². The van der Waals surface area contributed by atoms with Crippen molar-refractivity contribution < 1.29 is 9.59 Å². The number of hydrogen-bond donors (Lipinski definition) is 2. The number of nitrogens with zero attached hydrogens (tertiary/aromatic N) is 2. The molecule has 0 spiro atoms. The number of aromatic nitrogens is 2. The molecule has 2 aliphatic carbocycles. The van der Waals surface area contributed by atoms with E-state index in [-0.39, 0.29) is 17.4 Å². The molecule has 2 aromatic rings. The van der Waals surface area contributed by atoms with E-state index in [0.717, 1.165) is 28.1 Å². The summed E-state index contributed by atoms with van der Waals surface area (Å²) in [5.74, 6) is 1.60. The number of thiophene rings is 1. The number of thioether (sulfide) groups is 1. The lowest BCUT2D eigenvalue weighted by atomic mass is 9.84. The van der Waals surface area contributed by atoms with Crippen LogP contribution in [0.2, 0.25) is 0 Å². The summed E-state index contributed by atoms with van der Waals surface area (Å²) in [5, 5.41) is 6.45. The smallest absolute Gasteiger partial charge is 0.321 e. The molecule has 3 amide bonds. The van der Waals surface area contributed by atoms with Crippen molar-refractivity contribution in [3.63, 3.8) is 0 Å². The van der Waals surface area contributed by atoms with Crippen LogP contribution in [-0.2, 0) is 11.3 Å². The van der Waals surface area contributed by atoms with E-state index in [9.17, 15) is 14.4 Å². The number of carbonyl (C=O) groups is 2. The zero-order valence-electron chi connectivity index (χ0n) is 18.8. The van der Waals surface area contributed by atoms with E-state index in [0.29, 0.717) is 33.8 Å². The first-order valence-electron chi connectivity index (χ1n) is 11.1. The first-order valence-corrected chi connectivity index (χ1v) is 12.9. The van der Waals surface area contributed by atoms with Crippen molar-refractivity contribution in [2.24, 2.45) is 17.8 Å². The van der Waals surface area contributed by atoms with Gasteiger partial charge in [-0.2, -0.15) is 0 Å². The lowest BCUT2D eigenvalue weighted by Gasteiger charge is -2.28. The fourth-order valence-electron chi connectivity index (χ4n) is 5.26. The van der Waals surface area contributed by atoms with Crippen molar-refractivity contribution in [2.75, 3.05) is 5.75 Å². The summed E-state index contributed by atoms with van der Waals surface area (Å²) in [6, 6.07) is -0.403. The molecular formula is C23H30N4O3S2. The van der Waals surface area contributed by atoms with Crippen LogP contribution in [0.1, 0.15) is 43.0 Å². The Kier molecular flexibility index (Phi) is 6.76. The molecule has 9 heteroatoms. The van der Waals surface area contributed by atoms with E-state index in [1.54, 1.807) is 6.08 Å². The highest BCUT2D eigenvalue weighted by atomic mass is 32.2. The van der Waals surface area contributed by atoms with Gasteiger partial charge in [-0.25, -0.2) is 9.78 Å². The summed E-state index contributed by atoms with van der Waals surface area (Å²) in [6.45, 7) is 9.96. The number of carbonyl (C=O) groups excluding carboxylic acids is 2. The fraction of sp³-hybridized carbons (Fsp3) is 0.565. The normalized spacial score (nSPS) is 22.8. The number of hydrogen-bond acceptors (Lipinski definition) is 6. The maximum Gasteiger partial charge on any atom is 0.321 e. The largest absolute Gasteiger partial charge is 0.335 e. The Labute approximate surface area is 196 Å². The highest BCUT2D eigenvalue weighted by Gasteiger charge is 2.42. The van der Waals surface area contributed by atoms with Crippen molar-refractivity contribution in [2.45, 2.75) is 64.2 Å². The number of rotatable bonds is 7. The zero-order chi connectivity index (χ0) is 23.0. The molecule has 7 nitrogen and oxygen atoms in total. The second kappa shape index (κ2) is 9.39. The molecule has 2 heterocycles. The Morgan fingerprint density at radius 2 is 2.12 bits per heavy atom. The van der Waals surface area contributed by atoms with Gasteiger partial charge in [0.1, 0.15) is 4.83 Å². The number of imide groups is 1. The Balaban J connectivity index is 1.38. The molecule has 2 fully saturated rings. The van der Waals surface area contributed by atoms with Gasteiger partial charge in [0, 0.05) is 17.5 Å². The second-order valence-electron chi connectivity index (χ2n) is 9.00. The molecule has 4 atom stereocenters. The summed E-state index contributed by atoms with van der Waals surface area (Å²) in [7, 11) is 0. The van der Waals surface area contributed by atoms with Gasteiger partial charge in [-0.1, -0.05) is 24.3 Å². The maximum atomic E-state index is 13.0. The third kappa shape index (κ3) is 4.50. The Morgan fingerprint density at radius 3 is 2.78 bits per heavy atom. The van der Waals surface area contributed by atoms with Crippen LogP contribution in [0.3, 0.4) is 0 Å². The van der Waals surface area contributed by atoms with Crippen LogP contribution in [0, 0.1) is 31.6 Å². The predicted octanol–water partition coefficient (Wildman–Crippen LogP) is 4.00. The lowest BCUT2D eigenvalue weighted by Crippen LogP contribution is -2.47. The second-order valence-corrected chi connectivity index (χ2v) is 11.1. The van der Waals surface area contributed by atoms with Gasteiger partial charge in [-0.05, 0) is 63.4 Å². The van der Waals surface area contributed by atoms with Crippen LogP contribution in [0.25, 0.3) is 10.2 Å². The third-order valence-corrected chi connectivity index (χ3v) is 9.02. The van der Waals surface area contributed by atoms with E-state index < -0.39 is 11.9 Å². The zero-order valence-corrected chi connectivity index (χ0v) is 20.4. The molecule has 0 aromatic carbocycles. The molecule has 2 bridgehead atoms. The number of fused-ring (bicyclic) bond motifs is 3. The summed E-state index contributed by atoms with van der Waals surface area (Å²) in [6.07, 6.45) is 6.66. The Hall–Kier alpha value is -2.13. The van der Waals surface area contributed by atoms with Gasteiger partial charge in [-0.15, -0.1) is 17.9 Å². The summed E-state index contributed by atoms with van der Waals surface area (Å²) in [4.78, 5) is 44.1. The standard InChI is InChI=1S/C23H30N4O3S2/c1-5-8-27-21(29)19-12(2)14(4)32-20(19)26-23(27)31-11-18(28)25-22(30)24-13(3)17-10-15-6-7-16(17)9-15/h5,13,15-17H,1,6-11H2,2-4H3,(H2,24,25,28,30)/t13-,15-,16-,17-/m1/s1. The van der Waals surface area contributed by atoms with Crippen molar-refractivity contribution >= 4 is 45.3 Å². The van der Waals surface area contributed by atoms with Crippen molar-refractivity contribution in [1.82, 2.24) is 20.2 Å². The number of aryl methyl sites for hydroxylation is 2. The Bertz CT molecular complexity index is 1120. The Morgan fingerprint density at radius 1 is 1.34 bits per heavy atom. The van der Waals surface area contributed by atoms with Crippen LogP contribution >= 0.6 is 23.1 Å². The summed E-state index contributed by atoms with van der Waals surface area (Å²) in [5.41, 5.74) is 0.813. The van der Waals surface area contributed by atoms with Gasteiger partial charge >= 0.3 is 6.03 Å². The summed E-state index contributed by atoms with van der Waals surface area (Å²) < 4.78 is 1.53. The number of allylic oxidation sites excluding steroid dienone is 1. The van der Waals surface area contributed by atoms with Gasteiger partial charge in [0.25, 0.3) is 5.56 Å². The van der Waals surface area contributed by atoms with E-state index in [1.165, 1.54) is 41.6 Å². The highest BCUT2D eigenvalue weighted by Crippen LogP contribution is 2.49. The molecule has 2 aromatic heterocycles. The van der Waals surface area contributed by atoms with Gasteiger partial charge in [-0.3, -0.25) is 19.5 Å². The number of nitrogens with one attached hydrogen (secondary N) is 2. The van der Waals surface area contributed by atoms with Gasteiger partial charge < -0.3 is 5.32 Å². The van der Waals surface area contributed by atoms with Crippen molar-refractivity contribution in [3.05, 3.63) is 33.4 Å². The molecule has 0 unspecified atom stereocenters. The van der Waals surface area contributed by atoms with E-state index in [1.807, 2.05) is 20.8 Å². The molecule has 0 saturated heterocycles. The van der Waals surface area contributed by atoms with Gasteiger partial charge in [0.05, 0.1) is 11.1 Å². The molecule has 2 saturated carbocycles. The fourth-order valence-corrected chi connectivity index (χ4v) is 7.14. The van der Waals surface area contributed by atoms with Gasteiger partial charge in [0.2, 0.25) is 5.91 Å². The number of urea groups is 1. The van der Waals surface area contributed by atoms with E-state index >= 15 is 0 Å². The molecule has 32 heavy (non-hydrogen) atoms. The maximum absolute atomic E-state index is 13.0. The predicted molar refractivity (Wildman–Crippen MR) is 129 cm³/mol. The minimum atomic E-state index is -0.456. The van der Waals surface area contributed by atoms with Crippen molar-refractivity contribution in [3.8, 4) is 0 Å². The SMILES string of the molecule is C=CCn1c(SCC(=O)NC(=O)N[C@H](C)[C@H]2C[C@@H]3CC[C@@H]2C3)nc2sc(C)c(C)c2c1=O. The van der Waals surface area contributed by atoms with Crippen LogP contribution in [0.5, 0.6) is 0 Å².